The van der Waals surface area contributed by atoms with Crippen molar-refractivity contribution in [2.45, 2.75) is 13.8 Å². The molecule has 1 aliphatic rings. The fraction of sp³-hybridized carbons (Fsp3) is 0.273. The molecule has 0 amide bonds. The number of fused-ring (bicyclic) bond motifs is 1. The lowest BCUT2D eigenvalue weighted by Gasteiger charge is -2.18. The van der Waals surface area contributed by atoms with Crippen molar-refractivity contribution in [3.8, 4) is 28.5 Å². The van der Waals surface area contributed by atoms with Crippen LogP contribution in [0, 0.1) is 0 Å². The summed E-state index contributed by atoms with van der Waals surface area (Å²) in [6.45, 7) is 6.48. The number of hydrogen-bond donors (Lipinski definition) is 0. The smallest absolute Gasteiger partial charge is 0.206 e. The Morgan fingerprint density at radius 2 is 1.86 bits per heavy atom. The Morgan fingerprint density at radius 3 is 2.62 bits per heavy atom. The van der Waals surface area contributed by atoms with E-state index in [4.69, 9.17) is 19.3 Å². The number of ether oxygens (including phenoxy) is 3. The van der Waals surface area contributed by atoms with Gasteiger partial charge in [-0.05, 0) is 61.9 Å². The van der Waals surface area contributed by atoms with E-state index in [1.807, 2.05) is 67.2 Å². The molecule has 29 heavy (non-hydrogen) atoms. The first-order chi connectivity index (χ1) is 14.3. The highest BCUT2D eigenvalue weighted by atomic mass is 32.1. The van der Waals surface area contributed by atoms with Gasteiger partial charge >= 0.3 is 0 Å². The highest BCUT2D eigenvalue weighted by molar-refractivity contribution is 7.07. The summed E-state index contributed by atoms with van der Waals surface area (Å²) in [5, 5.41) is 6.78. The Bertz CT molecular complexity index is 1070. The van der Waals surface area contributed by atoms with E-state index in [0.717, 1.165) is 38.9 Å². The van der Waals surface area contributed by atoms with Crippen molar-refractivity contribution in [2.75, 3.05) is 26.4 Å². The van der Waals surface area contributed by atoms with E-state index < -0.39 is 0 Å². The van der Waals surface area contributed by atoms with Crippen LogP contribution in [0.15, 0.2) is 57.9 Å². The molecule has 0 atom stereocenters. The van der Waals surface area contributed by atoms with Crippen LogP contribution in [0.1, 0.15) is 19.4 Å². The minimum atomic E-state index is 0.562. The van der Waals surface area contributed by atoms with Gasteiger partial charge in [0.25, 0.3) is 0 Å². The standard InChI is InChI=1S/C22H23N3O3S/c1-3-23-22-25(24-14-16-5-8-18(9-6-16)26-4-2)19(15-29-22)17-7-10-20-21(13-17)28-12-11-27-20/h5-10,13-15H,3-4,11-12H2,1-2H3/b23-22?,24-14-. The molecule has 1 aromatic heterocycles. The lowest BCUT2D eigenvalue weighted by atomic mass is 10.1. The number of nitrogens with zero attached hydrogens (tertiary/aromatic N) is 3. The Hall–Kier alpha value is -3.06. The first kappa shape index (κ1) is 19.3. The maximum atomic E-state index is 5.74. The molecule has 6 nitrogen and oxygen atoms in total. The largest absolute Gasteiger partial charge is 0.494 e. The van der Waals surface area contributed by atoms with Crippen molar-refractivity contribution in [3.05, 3.63) is 58.2 Å². The Labute approximate surface area is 173 Å². The van der Waals surface area contributed by atoms with Gasteiger partial charge < -0.3 is 14.2 Å². The van der Waals surface area contributed by atoms with Gasteiger partial charge in [0.05, 0.1) is 18.5 Å². The van der Waals surface area contributed by atoms with Crippen LogP contribution in [0.3, 0.4) is 0 Å². The van der Waals surface area contributed by atoms with Crippen molar-refractivity contribution in [3.63, 3.8) is 0 Å². The van der Waals surface area contributed by atoms with Gasteiger partial charge in [0.15, 0.2) is 11.5 Å². The van der Waals surface area contributed by atoms with Crippen LogP contribution in [-0.2, 0) is 0 Å². The molecular weight excluding hydrogens is 386 g/mol. The Morgan fingerprint density at radius 1 is 1.07 bits per heavy atom. The Kier molecular flexibility index (Phi) is 5.95. The lowest BCUT2D eigenvalue weighted by Crippen LogP contribution is -2.15. The van der Waals surface area contributed by atoms with Crippen molar-refractivity contribution in [1.29, 1.82) is 0 Å². The average molecular weight is 410 g/mol. The first-order valence-electron chi connectivity index (χ1n) is 9.66. The van der Waals surface area contributed by atoms with Gasteiger partial charge in [0, 0.05) is 17.5 Å². The normalized spacial score (nSPS) is 13.8. The zero-order chi connectivity index (χ0) is 20.1. The molecule has 4 rings (SSSR count). The zero-order valence-electron chi connectivity index (χ0n) is 16.5. The van der Waals surface area contributed by atoms with Gasteiger partial charge in [-0.25, -0.2) is 4.68 Å². The molecule has 0 N–H and O–H groups in total. The third-order valence-electron chi connectivity index (χ3n) is 4.33. The molecule has 0 unspecified atom stereocenters. The number of benzene rings is 2. The number of rotatable bonds is 6. The van der Waals surface area contributed by atoms with E-state index in [2.05, 4.69) is 10.4 Å². The van der Waals surface area contributed by atoms with Crippen LogP contribution >= 0.6 is 11.3 Å². The molecular formula is C22H23N3O3S. The monoisotopic (exact) mass is 409 g/mol. The van der Waals surface area contributed by atoms with Gasteiger partial charge in [0.2, 0.25) is 4.80 Å². The van der Waals surface area contributed by atoms with Crippen LogP contribution < -0.4 is 19.0 Å². The van der Waals surface area contributed by atoms with E-state index in [1.165, 1.54) is 0 Å². The second-order valence-electron chi connectivity index (χ2n) is 6.29. The summed E-state index contributed by atoms with van der Waals surface area (Å²) in [5.74, 6) is 2.39. The number of hydrogen-bond acceptors (Lipinski definition) is 6. The molecule has 0 fully saturated rings. The van der Waals surface area contributed by atoms with Crippen LogP contribution in [-0.4, -0.2) is 37.3 Å². The maximum absolute atomic E-state index is 5.74. The third kappa shape index (κ3) is 4.35. The fourth-order valence-electron chi connectivity index (χ4n) is 3.00. The summed E-state index contributed by atoms with van der Waals surface area (Å²) < 4.78 is 18.7. The molecule has 7 heteroatoms. The zero-order valence-corrected chi connectivity index (χ0v) is 17.3. The minimum absolute atomic E-state index is 0.562. The second kappa shape index (κ2) is 8.96. The van der Waals surface area contributed by atoms with E-state index in [9.17, 15) is 0 Å². The molecule has 0 aliphatic carbocycles. The van der Waals surface area contributed by atoms with Crippen LogP contribution in [0.4, 0.5) is 0 Å². The lowest BCUT2D eigenvalue weighted by molar-refractivity contribution is 0.171. The van der Waals surface area contributed by atoms with E-state index in [0.29, 0.717) is 26.4 Å². The fourth-order valence-corrected chi connectivity index (χ4v) is 3.90. The van der Waals surface area contributed by atoms with Crippen molar-refractivity contribution >= 4 is 17.6 Å². The number of aromatic nitrogens is 1. The summed E-state index contributed by atoms with van der Waals surface area (Å²) >= 11 is 1.57. The summed E-state index contributed by atoms with van der Waals surface area (Å²) in [5.41, 5.74) is 2.95. The predicted molar refractivity (Wildman–Crippen MR) is 115 cm³/mol. The van der Waals surface area contributed by atoms with E-state index >= 15 is 0 Å². The minimum Gasteiger partial charge on any atom is -0.494 e. The number of thiazole rings is 1. The highest BCUT2D eigenvalue weighted by Crippen LogP contribution is 2.34. The Balaban J connectivity index is 1.69. The maximum Gasteiger partial charge on any atom is 0.206 e. The summed E-state index contributed by atoms with van der Waals surface area (Å²) in [7, 11) is 0. The van der Waals surface area contributed by atoms with E-state index in [-0.39, 0.29) is 0 Å². The quantitative estimate of drug-likeness (QED) is 0.574. The molecule has 0 spiro atoms. The molecule has 3 aromatic rings. The molecule has 0 saturated carbocycles. The molecule has 0 radical (unpaired) electrons. The van der Waals surface area contributed by atoms with Gasteiger partial charge in [-0.1, -0.05) is 0 Å². The topological polar surface area (TPSA) is 57.3 Å². The summed E-state index contributed by atoms with van der Waals surface area (Å²) in [4.78, 5) is 5.43. The molecule has 150 valence electrons. The van der Waals surface area contributed by atoms with Gasteiger partial charge in [0.1, 0.15) is 19.0 Å². The summed E-state index contributed by atoms with van der Waals surface area (Å²) in [6.07, 6.45) is 1.83. The molecule has 2 heterocycles. The van der Waals surface area contributed by atoms with Gasteiger partial charge in [-0.3, -0.25) is 4.99 Å². The van der Waals surface area contributed by atoms with Crippen LogP contribution in [0.2, 0.25) is 0 Å². The molecule has 0 saturated heterocycles. The average Bonchev–Trinajstić information content (AvgIpc) is 3.16. The highest BCUT2D eigenvalue weighted by Gasteiger charge is 2.15. The third-order valence-corrected chi connectivity index (χ3v) is 5.18. The van der Waals surface area contributed by atoms with E-state index in [1.54, 1.807) is 11.3 Å². The first-order valence-corrected chi connectivity index (χ1v) is 10.5. The van der Waals surface area contributed by atoms with Gasteiger partial charge in [-0.2, -0.15) is 5.10 Å². The van der Waals surface area contributed by atoms with Crippen molar-refractivity contribution in [2.24, 2.45) is 10.1 Å². The molecule has 1 aliphatic heterocycles. The van der Waals surface area contributed by atoms with Gasteiger partial charge in [-0.15, -0.1) is 11.3 Å². The van der Waals surface area contributed by atoms with Crippen LogP contribution in [0.5, 0.6) is 17.2 Å². The SMILES string of the molecule is CCN=c1scc(-c2ccc3c(c2)OCCO3)n1/N=C\c1ccc(OCC)cc1. The summed E-state index contributed by atoms with van der Waals surface area (Å²) in [6, 6.07) is 13.8. The second-order valence-corrected chi connectivity index (χ2v) is 7.13. The van der Waals surface area contributed by atoms with Crippen molar-refractivity contribution in [1.82, 2.24) is 4.68 Å². The van der Waals surface area contributed by atoms with Crippen LogP contribution in [0.25, 0.3) is 11.3 Å². The van der Waals surface area contributed by atoms with Crippen molar-refractivity contribution < 1.29 is 14.2 Å². The predicted octanol–water partition coefficient (Wildman–Crippen LogP) is 4.19. The molecule has 0 bridgehead atoms. The molecule has 2 aromatic carbocycles.